The molecule has 0 spiro atoms. The van der Waals surface area contributed by atoms with Crippen molar-refractivity contribution >= 4 is 11.9 Å². The number of nitrogens with zero attached hydrogens (tertiary/aromatic N) is 1. The predicted octanol–water partition coefficient (Wildman–Crippen LogP) is 1.58. The Balaban J connectivity index is 4.24. The molecule has 110 valence electrons. The Morgan fingerprint density at radius 3 is 2.11 bits per heavy atom. The van der Waals surface area contributed by atoms with E-state index >= 15 is 0 Å². The van der Waals surface area contributed by atoms with Gasteiger partial charge in [-0.25, -0.2) is 0 Å². The van der Waals surface area contributed by atoms with Gasteiger partial charge in [0, 0.05) is 43.6 Å². The summed E-state index contributed by atoms with van der Waals surface area (Å²) in [6.07, 6.45) is 0.464. The highest BCUT2D eigenvalue weighted by Crippen LogP contribution is 2.17. The Morgan fingerprint density at radius 2 is 1.68 bits per heavy atom. The van der Waals surface area contributed by atoms with Crippen LogP contribution in [0.25, 0.3) is 0 Å². The number of carboxylic acids is 1. The third kappa shape index (κ3) is 7.38. The molecule has 0 unspecified atom stereocenters. The molecule has 2 N–H and O–H groups in total. The van der Waals surface area contributed by atoms with Crippen LogP contribution in [0.5, 0.6) is 0 Å². The van der Waals surface area contributed by atoms with E-state index in [0.717, 1.165) is 0 Å². The number of hydrogen-bond acceptors (Lipinski definition) is 4. The summed E-state index contributed by atoms with van der Waals surface area (Å²) in [6.45, 7) is 6.39. The van der Waals surface area contributed by atoms with Gasteiger partial charge in [0.2, 0.25) is 11.4 Å². The van der Waals surface area contributed by atoms with Crippen LogP contribution in [0.4, 0.5) is 0 Å². The van der Waals surface area contributed by atoms with E-state index in [-0.39, 0.29) is 25.2 Å². The normalized spacial score (nSPS) is 12.0. The maximum absolute atomic E-state index is 11.7. The molecule has 0 radical (unpaired) electrons. The highest BCUT2D eigenvalue weighted by molar-refractivity contribution is 5.76. The summed E-state index contributed by atoms with van der Waals surface area (Å²) in [5, 5.41) is 22.0. The van der Waals surface area contributed by atoms with Gasteiger partial charge in [0.1, 0.15) is 0 Å². The van der Waals surface area contributed by atoms with Gasteiger partial charge in [-0.3, -0.25) is 19.7 Å². The molecule has 7 nitrogen and oxygen atoms in total. The standard InChI is InChI=1S/C12H22N2O5/c1-11(2,7-6-10(16)17)13-9(15)5-8-12(3,4)14(18)19/h5-8H2,1-4H3,(H,13,15)(H,16,17). The molecule has 0 aromatic rings. The van der Waals surface area contributed by atoms with Crippen molar-refractivity contribution in [2.75, 3.05) is 0 Å². The zero-order valence-electron chi connectivity index (χ0n) is 11.9. The highest BCUT2D eigenvalue weighted by Gasteiger charge is 2.31. The maximum Gasteiger partial charge on any atom is 0.303 e. The van der Waals surface area contributed by atoms with Crippen molar-refractivity contribution < 1.29 is 19.6 Å². The lowest BCUT2D eigenvalue weighted by molar-refractivity contribution is -0.561. The third-order valence-electron chi connectivity index (χ3n) is 2.90. The second-order valence-electron chi connectivity index (χ2n) is 5.90. The number of nitrogens with one attached hydrogen (secondary N) is 1. The van der Waals surface area contributed by atoms with Crippen LogP contribution in [0.3, 0.4) is 0 Å². The van der Waals surface area contributed by atoms with Crippen LogP contribution in [-0.2, 0) is 9.59 Å². The van der Waals surface area contributed by atoms with Crippen molar-refractivity contribution in [2.45, 2.75) is 64.5 Å². The Hall–Kier alpha value is -1.66. The van der Waals surface area contributed by atoms with Gasteiger partial charge in [0.25, 0.3) is 0 Å². The van der Waals surface area contributed by atoms with E-state index in [4.69, 9.17) is 5.11 Å². The van der Waals surface area contributed by atoms with E-state index in [2.05, 4.69) is 5.32 Å². The van der Waals surface area contributed by atoms with E-state index in [1.54, 1.807) is 13.8 Å². The zero-order valence-corrected chi connectivity index (χ0v) is 11.9. The number of aliphatic carboxylic acids is 1. The van der Waals surface area contributed by atoms with E-state index in [1.807, 2.05) is 0 Å². The number of carboxylic acid groups (broad SMARTS) is 1. The molecule has 0 saturated heterocycles. The van der Waals surface area contributed by atoms with E-state index < -0.39 is 22.0 Å². The molecule has 0 aliphatic heterocycles. The Bertz CT molecular complexity index is 363. The molecule has 0 bridgehead atoms. The average Bonchev–Trinajstić information content (AvgIpc) is 2.23. The summed E-state index contributed by atoms with van der Waals surface area (Å²) < 4.78 is 0. The Kier molecular flexibility index (Phi) is 5.92. The number of nitro groups is 1. The molecule has 1 amide bonds. The van der Waals surface area contributed by atoms with Crippen LogP contribution in [0.15, 0.2) is 0 Å². The Labute approximate surface area is 112 Å². The van der Waals surface area contributed by atoms with Crippen molar-refractivity contribution in [1.82, 2.24) is 5.32 Å². The Morgan fingerprint density at radius 1 is 1.16 bits per heavy atom. The number of carbonyl (C=O) groups is 2. The van der Waals surface area contributed by atoms with Gasteiger partial charge >= 0.3 is 5.97 Å². The molecule has 0 aliphatic carbocycles. The van der Waals surface area contributed by atoms with Gasteiger partial charge < -0.3 is 10.4 Å². The summed E-state index contributed by atoms with van der Waals surface area (Å²) in [7, 11) is 0. The molecule has 0 saturated carbocycles. The first-order valence-corrected chi connectivity index (χ1v) is 6.13. The summed E-state index contributed by atoms with van der Waals surface area (Å²) >= 11 is 0. The molecule has 0 aromatic heterocycles. The monoisotopic (exact) mass is 274 g/mol. The number of rotatable bonds is 8. The molecule has 0 rings (SSSR count). The summed E-state index contributed by atoms with van der Waals surface area (Å²) in [5.41, 5.74) is -1.77. The largest absolute Gasteiger partial charge is 0.481 e. The summed E-state index contributed by atoms with van der Waals surface area (Å²) in [4.78, 5) is 32.5. The molecule has 19 heavy (non-hydrogen) atoms. The lowest BCUT2D eigenvalue weighted by atomic mass is 9.96. The van der Waals surface area contributed by atoms with Crippen LogP contribution >= 0.6 is 0 Å². The number of carbonyl (C=O) groups excluding carboxylic acids is 1. The van der Waals surface area contributed by atoms with Crippen LogP contribution in [0.1, 0.15) is 53.4 Å². The van der Waals surface area contributed by atoms with Crippen LogP contribution < -0.4 is 5.32 Å². The van der Waals surface area contributed by atoms with E-state index in [0.29, 0.717) is 6.42 Å². The SMILES string of the molecule is CC(C)(CCC(=O)O)NC(=O)CCC(C)(C)[N+](=O)[O-]. The van der Waals surface area contributed by atoms with Crippen molar-refractivity contribution in [1.29, 1.82) is 0 Å². The van der Waals surface area contributed by atoms with Gasteiger partial charge in [-0.2, -0.15) is 0 Å². The highest BCUT2D eigenvalue weighted by atomic mass is 16.6. The quantitative estimate of drug-likeness (QED) is 0.516. The molecular formula is C12H22N2O5. The summed E-state index contributed by atoms with van der Waals surface area (Å²) in [5.74, 6) is -1.22. The number of amides is 1. The van der Waals surface area contributed by atoms with Gasteiger partial charge in [-0.15, -0.1) is 0 Å². The van der Waals surface area contributed by atoms with Gasteiger partial charge in [0.15, 0.2) is 0 Å². The van der Waals surface area contributed by atoms with Gasteiger partial charge in [0.05, 0.1) is 0 Å². The molecule has 0 heterocycles. The fourth-order valence-electron chi connectivity index (χ4n) is 1.43. The molecule has 0 atom stereocenters. The molecule has 7 heteroatoms. The van der Waals surface area contributed by atoms with Crippen LogP contribution in [-0.4, -0.2) is 33.0 Å². The predicted molar refractivity (Wildman–Crippen MR) is 69.4 cm³/mol. The molecule has 0 fully saturated rings. The third-order valence-corrected chi connectivity index (χ3v) is 2.90. The van der Waals surface area contributed by atoms with Gasteiger partial charge in [-0.05, 0) is 20.3 Å². The van der Waals surface area contributed by atoms with Crippen LogP contribution in [0, 0.1) is 10.1 Å². The minimum atomic E-state index is -1.14. The van der Waals surface area contributed by atoms with Crippen molar-refractivity contribution in [3.8, 4) is 0 Å². The van der Waals surface area contributed by atoms with E-state index in [1.165, 1.54) is 13.8 Å². The van der Waals surface area contributed by atoms with Crippen molar-refractivity contribution in [2.24, 2.45) is 0 Å². The lowest BCUT2D eigenvalue weighted by Gasteiger charge is -2.26. The van der Waals surface area contributed by atoms with E-state index in [9.17, 15) is 19.7 Å². The summed E-state index contributed by atoms with van der Waals surface area (Å²) in [6, 6.07) is 0. The smallest absolute Gasteiger partial charge is 0.303 e. The average molecular weight is 274 g/mol. The second-order valence-corrected chi connectivity index (χ2v) is 5.90. The fraction of sp³-hybridized carbons (Fsp3) is 0.833. The first kappa shape index (κ1) is 17.3. The minimum absolute atomic E-state index is 0.0341. The molecule has 0 aliphatic rings. The van der Waals surface area contributed by atoms with Crippen molar-refractivity contribution in [3.63, 3.8) is 0 Å². The number of hydrogen-bond donors (Lipinski definition) is 2. The first-order chi connectivity index (χ1) is 8.46. The lowest BCUT2D eigenvalue weighted by Crippen LogP contribution is -2.44. The maximum atomic E-state index is 11.7. The molecule has 0 aromatic carbocycles. The topological polar surface area (TPSA) is 110 Å². The minimum Gasteiger partial charge on any atom is -0.481 e. The fourth-order valence-corrected chi connectivity index (χ4v) is 1.43. The van der Waals surface area contributed by atoms with Crippen molar-refractivity contribution in [3.05, 3.63) is 10.1 Å². The van der Waals surface area contributed by atoms with Crippen LogP contribution in [0.2, 0.25) is 0 Å². The molecular weight excluding hydrogens is 252 g/mol. The first-order valence-electron chi connectivity index (χ1n) is 6.13. The second kappa shape index (κ2) is 6.49. The zero-order chi connectivity index (χ0) is 15.3. The van der Waals surface area contributed by atoms with Gasteiger partial charge in [-0.1, -0.05) is 0 Å².